The number of anilines is 1. The van der Waals surface area contributed by atoms with Crippen LogP contribution in [0.15, 0.2) is 65.8 Å². The normalized spacial score (nSPS) is 17.3. The van der Waals surface area contributed by atoms with Gasteiger partial charge in [0.25, 0.3) is 11.8 Å². The van der Waals surface area contributed by atoms with Crippen molar-refractivity contribution in [3.8, 4) is 0 Å². The molecule has 1 aliphatic heterocycles. The number of halogens is 3. The van der Waals surface area contributed by atoms with Gasteiger partial charge in [0, 0.05) is 42.2 Å². The van der Waals surface area contributed by atoms with Gasteiger partial charge in [0.1, 0.15) is 5.15 Å². The molecule has 7 rings (SSSR count). The summed E-state index contributed by atoms with van der Waals surface area (Å²) in [5.74, 6) is -4.25. The predicted octanol–water partition coefficient (Wildman–Crippen LogP) is 6.16. The SMILES string of the molecule is Cn1ncc2c(Cl)nc3cc(CN(C(=O)c4ccc(C5CC5)nc4)c4cccc5c4S(=O)(=O)CCC5(F)F)ccc3c21. The molecule has 12 heteroatoms. The quantitative estimate of drug-likeness (QED) is 0.222. The first-order valence-corrected chi connectivity index (χ1v) is 15.5. The number of benzene rings is 2. The minimum Gasteiger partial charge on any atom is -0.303 e. The fraction of sp³-hybridized carbons (Fsp3) is 0.267. The summed E-state index contributed by atoms with van der Waals surface area (Å²) >= 11 is 6.44. The van der Waals surface area contributed by atoms with Crippen molar-refractivity contribution in [2.24, 2.45) is 7.05 Å². The number of sulfone groups is 1. The van der Waals surface area contributed by atoms with Crippen LogP contribution < -0.4 is 4.90 Å². The topological polar surface area (TPSA) is 98.1 Å². The second-order valence-corrected chi connectivity index (χ2v) is 13.3. The van der Waals surface area contributed by atoms with Gasteiger partial charge >= 0.3 is 0 Å². The molecule has 0 spiro atoms. The van der Waals surface area contributed by atoms with Crippen molar-refractivity contribution in [1.29, 1.82) is 0 Å². The summed E-state index contributed by atoms with van der Waals surface area (Å²) in [5.41, 5.74) is 2.34. The van der Waals surface area contributed by atoms with Gasteiger partial charge in [0.05, 0.1) is 51.1 Å². The molecule has 0 N–H and O–H groups in total. The number of amides is 1. The number of hydrogen-bond donors (Lipinski definition) is 0. The number of alkyl halides is 2. The van der Waals surface area contributed by atoms with Crippen LogP contribution in [0.3, 0.4) is 0 Å². The lowest BCUT2D eigenvalue weighted by molar-refractivity contribution is -0.0126. The average molecular weight is 608 g/mol. The summed E-state index contributed by atoms with van der Waals surface area (Å²) < 4.78 is 58.2. The Morgan fingerprint density at radius 3 is 2.67 bits per heavy atom. The van der Waals surface area contributed by atoms with Gasteiger partial charge in [-0.05, 0) is 42.7 Å². The van der Waals surface area contributed by atoms with E-state index in [-0.39, 0.29) is 22.9 Å². The maximum atomic E-state index is 15.0. The number of hydrogen-bond acceptors (Lipinski definition) is 6. The van der Waals surface area contributed by atoms with Crippen molar-refractivity contribution in [3.05, 3.63) is 88.5 Å². The van der Waals surface area contributed by atoms with Crippen LogP contribution >= 0.6 is 11.6 Å². The molecule has 214 valence electrons. The van der Waals surface area contributed by atoms with Crippen molar-refractivity contribution in [2.45, 2.75) is 42.5 Å². The van der Waals surface area contributed by atoms with Crippen LogP contribution in [0, 0.1) is 0 Å². The van der Waals surface area contributed by atoms with Gasteiger partial charge in [0.15, 0.2) is 9.84 Å². The van der Waals surface area contributed by atoms with E-state index in [9.17, 15) is 13.2 Å². The number of rotatable bonds is 5. The first-order chi connectivity index (χ1) is 20.0. The fourth-order valence-corrected chi connectivity index (χ4v) is 7.66. The Morgan fingerprint density at radius 1 is 1.12 bits per heavy atom. The standard InChI is InChI=1S/C30H24ClF2N5O3S/c1-37-26-20-9-5-17(13-24(20)36-28(31)21(26)15-35-37)16-38(29(39)19-8-10-23(34-14-19)18-6-7-18)25-4-2-3-22-27(25)42(40,41)12-11-30(22,32)33/h2-5,8-10,13-15,18H,6-7,11-12,16H2,1H3. The highest BCUT2D eigenvalue weighted by atomic mass is 35.5. The molecule has 0 radical (unpaired) electrons. The Kier molecular flexibility index (Phi) is 6.11. The molecule has 42 heavy (non-hydrogen) atoms. The average Bonchev–Trinajstić information content (AvgIpc) is 3.75. The Morgan fingerprint density at radius 2 is 1.93 bits per heavy atom. The molecule has 4 heterocycles. The number of pyridine rings is 2. The van der Waals surface area contributed by atoms with E-state index < -0.39 is 44.3 Å². The molecular weight excluding hydrogens is 584 g/mol. The molecule has 5 aromatic rings. The Balaban J connectivity index is 1.37. The number of nitrogens with zero attached hydrogens (tertiary/aromatic N) is 5. The second-order valence-electron chi connectivity index (χ2n) is 10.8. The number of carbonyl (C=O) groups excluding carboxylic acids is 1. The summed E-state index contributed by atoms with van der Waals surface area (Å²) in [7, 11) is -2.30. The van der Waals surface area contributed by atoms with Crippen LogP contribution in [-0.2, 0) is 29.4 Å². The zero-order valence-corrected chi connectivity index (χ0v) is 24.0. The fourth-order valence-electron chi connectivity index (χ4n) is 5.65. The van der Waals surface area contributed by atoms with Crippen molar-refractivity contribution in [2.75, 3.05) is 10.7 Å². The molecule has 2 aromatic carbocycles. The highest BCUT2D eigenvalue weighted by molar-refractivity contribution is 7.91. The van der Waals surface area contributed by atoms with Gasteiger partial charge in [-0.2, -0.15) is 5.10 Å². The number of aromatic nitrogens is 4. The molecule has 0 atom stereocenters. The minimum absolute atomic E-state index is 0.101. The maximum Gasteiger partial charge on any atom is 0.275 e. The Hall–Kier alpha value is -3.96. The molecule has 3 aromatic heterocycles. The summed E-state index contributed by atoms with van der Waals surface area (Å²) in [6.07, 6.45) is 4.36. The smallest absolute Gasteiger partial charge is 0.275 e. The third-order valence-corrected chi connectivity index (χ3v) is 10.1. The van der Waals surface area contributed by atoms with E-state index in [1.54, 1.807) is 42.2 Å². The van der Waals surface area contributed by atoms with Gasteiger partial charge in [-0.15, -0.1) is 0 Å². The van der Waals surface area contributed by atoms with Crippen molar-refractivity contribution >= 4 is 54.8 Å². The van der Waals surface area contributed by atoms with Crippen LogP contribution in [-0.4, -0.2) is 39.8 Å². The van der Waals surface area contributed by atoms with E-state index in [1.807, 2.05) is 6.07 Å². The van der Waals surface area contributed by atoms with Crippen molar-refractivity contribution in [1.82, 2.24) is 19.7 Å². The van der Waals surface area contributed by atoms with Gasteiger partial charge in [-0.1, -0.05) is 35.9 Å². The zero-order chi connectivity index (χ0) is 29.4. The Bertz CT molecular complexity index is 2020. The highest BCUT2D eigenvalue weighted by Crippen LogP contribution is 2.46. The summed E-state index contributed by atoms with van der Waals surface area (Å²) in [6.45, 7) is -0.112. The van der Waals surface area contributed by atoms with E-state index in [0.717, 1.165) is 35.5 Å². The number of aryl methyl sites for hydroxylation is 1. The number of carbonyl (C=O) groups is 1. The van der Waals surface area contributed by atoms with Gasteiger partial charge in [-0.25, -0.2) is 22.2 Å². The molecule has 0 unspecified atom stereocenters. The lowest BCUT2D eigenvalue weighted by Gasteiger charge is -2.31. The predicted molar refractivity (Wildman–Crippen MR) is 155 cm³/mol. The summed E-state index contributed by atoms with van der Waals surface area (Å²) in [6, 6.07) is 12.7. The van der Waals surface area contributed by atoms with Crippen molar-refractivity contribution in [3.63, 3.8) is 0 Å². The molecule has 0 bridgehead atoms. The first-order valence-electron chi connectivity index (χ1n) is 13.5. The molecule has 2 aliphatic rings. The van der Waals surface area contributed by atoms with Gasteiger partial charge < -0.3 is 4.90 Å². The third-order valence-electron chi connectivity index (χ3n) is 7.99. The van der Waals surface area contributed by atoms with Crippen LogP contribution in [0.1, 0.15) is 52.4 Å². The molecule has 1 saturated carbocycles. The summed E-state index contributed by atoms with van der Waals surface area (Å²) in [4.78, 5) is 23.7. The summed E-state index contributed by atoms with van der Waals surface area (Å²) in [5, 5.41) is 6.02. The number of fused-ring (bicyclic) bond motifs is 4. The van der Waals surface area contributed by atoms with Crippen LogP contribution in [0.25, 0.3) is 21.8 Å². The van der Waals surface area contributed by atoms with E-state index >= 15 is 8.78 Å². The lowest BCUT2D eigenvalue weighted by Crippen LogP contribution is -2.35. The van der Waals surface area contributed by atoms with E-state index in [0.29, 0.717) is 22.4 Å². The lowest BCUT2D eigenvalue weighted by atomic mass is 10.0. The molecule has 1 fully saturated rings. The van der Waals surface area contributed by atoms with E-state index in [1.165, 1.54) is 23.2 Å². The van der Waals surface area contributed by atoms with E-state index in [2.05, 4.69) is 15.1 Å². The van der Waals surface area contributed by atoms with Crippen LogP contribution in [0.2, 0.25) is 5.15 Å². The van der Waals surface area contributed by atoms with Crippen LogP contribution in [0.5, 0.6) is 0 Å². The second kappa shape index (κ2) is 9.53. The Labute approximate surface area is 244 Å². The monoisotopic (exact) mass is 607 g/mol. The zero-order valence-electron chi connectivity index (χ0n) is 22.4. The first kappa shape index (κ1) is 26.9. The minimum atomic E-state index is -4.10. The third kappa shape index (κ3) is 4.42. The highest BCUT2D eigenvalue weighted by Gasteiger charge is 2.45. The van der Waals surface area contributed by atoms with Crippen LogP contribution in [0.4, 0.5) is 14.5 Å². The van der Waals surface area contributed by atoms with Gasteiger partial charge in [-0.3, -0.25) is 14.5 Å². The molecule has 8 nitrogen and oxygen atoms in total. The van der Waals surface area contributed by atoms with Crippen molar-refractivity contribution < 1.29 is 22.0 Å². The molecule has 1 aliphatic carbocycles. The van der Waals surface area contributed by atoms with E-state index in [4.69, 9.17) is 11.6 Å². The molecule has 0 saturated heterocycles. The maximum absolute atomic E-state index is 15.0. The molecule has 1 amide bonds. The van der Waals surface area contributed by atoms with Gasteiger partial charge in [0.2, 0.25) is 0 Å². The largest absolute Gasteiger partial charge is 0.303 e. The molecular formula is C30H24ClF2N5O3S.